The third-order valence-corrected chi connectivity index (χ3v) is 4.64. The summed E-state index contributed by atoms with van der Waals surface area (Å²) >= 11 is 6.11. The Hall–Kier alpha value is -2.27. The van der Waals surface area contributed by atoms with E-state index in [4.69, 9.17) is 16.1 Å². The second-order valence-corrected chi connectivity index (χ2v) is 6.46. The van der Waals surface area contributed by atoms with E-state index in [0.717, 1.165) is 23.7 Å². The second-order valence-electron chi connectivity index (χ2n) is 6.02. The first-order valence-corrected chi connectivity index (χ1v) is 8.01. The molecule has 0 fully saturated rings. The molecular weight excluding hydrogens is 314 g/mol. The Balaban J connectivity index is 1.59. The zero-order valence-electron chi connectivity index (χ0n) is 12.6. The molecule has 1 aromatic carbocycles. The van der Waals surface area contributed by atoms with Crippen molar-refractivity contribution < 1.29 is 9.32 Å². The van der Waals surface area contributed by atoms with Crippen LogP contribution in [0.1, 0.15) is 23.4 Å². The minimum Gasteiger partial charge on any atom is -0.360 e. The van der Waals surface area contributed by atoms with Crippen LogP contribution in [-0.2, 0) is 17.6 Å². The molecule has 1 aliphatic carbocycles. The van der Waals surface area contributed by atoms with E-state index in [9.17, 15) is 4.79 Å². The fourth-order valence-corrected chi connectivity index (χ4v) is 3.44. The minimum absolute atomic E-state index is 0.0136. The number of hydrogen-bond acceptors (Lipinski definition) is 3. The quantitative estimate of drug-likeness (QED) is 0.750. The first-order valence-electron chi connectivity index (χ1n) is 7.63. The molecule has 118 valence electrons. The van der Waals surface area contributed by atoms with Gasteiger partial charge < -0.3 is 14.8 Å². The van der Waals surface area contributed by atoms with Crippen LogP contribution >= 0.6 is 11.6 Å². The van der Waals surface area contributed by atoms with Crippen LogP contribution in [0.3, 0.4) is 0 Å². The molecule has 1 amide bonds. The summed E-state index contributed by atoms with van der Waals surface area (Å²) in [6.07, 6.45) is 2.38. The maximum absolute atomic E-state index is 12.5. The highest BCUT2D eigenvalue weighted by atomic mass is 35.5. The van der Waals surface area contributed by atoms with Gasteiger partial charge in [0.1, 0.15) is 5.76 Å². The summed E-state index contributed by atoms with van der Waals surface area (Å²) in [5, 5.41) is 8.48. The molecule has 3 aromatic rings. The van der Waals surface area contributed by atoms with Crippen LogP contribution in [0.15, 0.2) is 28.8 Å². The van der Waals surface area contributed by atoms with Crippen molar-refractivity contribution in [1.29, 1.82) is 0 Å². The highest BCUT2D eigenvalue weighted by Gasteiger charge is 2.28. The highest BCUT2D eigenvalue weighted by Crippen LogP contribution is 2.33. The summed E-state index contributed by atoms with van der Waals surface area (Å²) in [4.78, 5) is 15.9. The monoisotopic (exact) mass is 329 g/mol. The lowest BCUT2D eigenvalue weighted by Crippen LogP contribution is -2.28. The van der Waals surface area contributed by atoms with Gasteiger partial charge in [-0.2, -0.15) is 0 Å². The molecule has 2 heterocycles. The third-order valence-electron chi connectivity index (χ3n) is 4.40. The van der Waals surface area contributed by atoms with E-state index in [1.165, 1.54) is 11.3 Å². The van der Waals surface area contributed by atoms with E-state index in [1.54, 1.807) is 13.0 Å². The summed E-state index contributed by atoms with van der Waals surface area (Å²) in [6, 6.07) is 7.55. The Morgan fingerprint density at radius 1 is 1.43 bits per heavy atom. The number of rotatable bonds is 2. The van der Waals surface area contributed by atoms with Gasteiger partial charge in [0.05, 0.1) is 0 Å². The van der Waals surface area contributed by atoms with Crippen LogP contribution in [0.2, 0.25) is 5.02 Å². The average molecular weight is 330 g/mol. The van der Waals surface area contributed by atoms with Gasteiger partial charge in [-0.15, -0.1) is 0 Å². The average Bonchev–Trinajstić information content (AvgIpc) is 3.10. The van der Waals surface area contributed by atoms with Crippen molar-refractivity contribution in [1.82, 2.24) is 10.1 Å². The zero-order valence-corrected chi connectivity index (χ0v) is 13.4. The van der Waals surface area contributed by atoms with E-state index in [0.29, 0.717) is 23.0 Å². The van der Waals surface area contributed by atoms with Gasteiger partial charge in [-0.1, -0.05) is 16.8 Å². The fraction of sp³-hybridized carbons (Fsp3) is 0.294. The second kappa shape index (κ2) is 5.42. The van der Waals surface area contributed by atoms with E-state index < -0.39 is 0 Å². The normalized spacial score (nSPS) is 17.2. The Kier molecular flexibility index (Phi) is 3.38. The topological polar surface area (TPSA) is 70.9 Å². The smallest absolute Gasteiger partial charge is 0.229 e. The van der Waals surface area contributed by atoms with Crippen molar-refractivity contribution in [3.05, 3.63) is 46.3 Å². The third kappa shape index (κ3) is 2.61. The van der Waals surface area contributed by atoms with Gasteiger partial charge in [-0.05, 0) is 49.9 Å². The number of fused-ring (bicyclic) bond motifs is 3. The molecule has 0 radical (unpaired) electrons. The van der Waals surface area contributed by atoms with Crippen LogP contribution in [0.25, 0.3) is 10.9 Å². The largest absolute Gasteiger partial charge is 0.360 e. The number of aromatic nitrogens is 2. The van der Waals surface area contributed by atoms with Crippen molar-refractivity contribution >= 4 is 34.2 Å². The number of nitrogens with one attached hydrogen (secondary N) is 2. The Bertz CT molecular complexity index is 897. The minimum atomic E-state index is -0.0718. The summed E-state index contributed by atoms with van der Waals surface area (Å²) in [5.74, 6) is 1.07. The summed E-state index contributed by atoms with van der Waals surface area (Å²) in [7, 11) is 0. The molecule has 0 bridgehead atoms. The molecular formula is C17H16ClN3O2. The number of benzene rings is 1. The molecule has 0 spiro atoms. The van der Waals surface area contributed by atoms with Gasteiger partial charge in [0.2, 0.25) is 5.91 Å². The molecule has 0 saturated carbocycles. The predicted molar refractivity (Wildman–Crippen MR) is 88.7 cm³/mol. The molecule has 1 unspecified atom stereocenters. The van der Waals surface area contributed by atoms with Gasteiger partial charge in [-0.3, -0.25) is 4.79 Å². The zero-order chi connectivity index (χ0) is 16.0. The lowest BCUT2D eigenvalue weighted by atomic mass is 9.86. The molecule has 0 aliphatic heterocycles. The summed E-state index contributed by atoms with van der Waals surface area (Å²) in [5.41, 5.74) is 3.49. The molecule has 6 heteroatoms. The molecule has 1 aliphatic rings. The van der Waals surface area contributed by atoms with Gasteiger partial charge in [0.25, 0.3) is 0 Å². The molecule has 2 N–H and O–H groups in total. The van der Waals surface area contributed by atoms with Crippen LogP contribution in [-0.4, -0.2) is 16.0 Å². The Morgan fingerprint density at radius 2 is 2.30 bits per heavy atom. The van der Waals surface area contributed by atoms with Crippen molar-refractivity contribution in [3.8, 4) is 0 Å². The first kappa shape index (κ1) is 14.3. The van der Waals surface area contributed by atoms with E-state index >= 15 is 0 Å². The number of nitrogens with zero attached hydrogens (tertiary/aromatic N) is 1. The predicted octanol–water partition coefficient (Wildman–Crippen LogP) is 3.86. The molecule has 5 nitrogen and oxygen atoms in total. The lowest BCUT2D eigenvalue weighted by molar-refractivity contribution is -0.120. The van der Waals surface area contributed by atoms with Crippen molar-refractivity contribution in [2.75, 3.05) is 5.32 Å². The Morgan fingerprint density at radius 3 is 3.09 bits per heavy atom. The number of hydrogen-bond donors (Lipinski definition) is 2. The van der Waals surface area contributed by atoms with Gasteiger partial charge in [-0.25, -0.2) is 0 Å². The van der Waals surface area contributed by atoms with E-state index in [2.05, 4.69) is 15.5 Å². The van der Waals surface area contributed by atoms with E-state index in [-0.39, 0.29) is 11.8 Å². The van der Waals surface area contributed by atoms with Gasteiger partial charge in [0.15, 0.2) is 5.82 Å². The number of carbonyl (C=O) groups excluding carboxylic acids is 1. The van der Waals surface area contributed by atoms with Crippen molar-refractivity contribution in [3.63, 3.8) is 0 Å². The highest BCUT2D eigenvalue weighted by molar-refractivity contribution is 6.31. The first-order chi connectivity index (χ1) is 11.1. The summed E-state index contributed by atoms with van der Waals surface area (Å²) < 4.78 is 4.98. The van der Waals surface area contributed by atoms with Crippen molar-refractivity contribution in [2.24, 2.45) is 5.92 Å². The van der Waals surface area contributed by atoms with Gasteiger partial charge >= 0.3 is 0 Å². The maximum atomic E-state index is 12.5. The number of H-pyrrole nitrogens is 1. The number of aromatic amines is 1. The number of carbonyl (C=O) groups is 1. The van der Waals surface area contributed by atoms with Crippen molar-refractivity contribution in [2.45, 2.75) is 26.2 Å². The molecule has 1 atom stereocenters. The number of aryl methyl sites for hydroxylation is 2. The maximum Gasteiger partial charge on any atom is 0.229 e. The molecule has 0 saturated heterocycles. The van der Waals surface area contributed by atoms with Crippen LogP contribution < -0.4 is 5.32 Å². The fourth-order valence-electron chi connectivity index (χ4n) is 3.27. The van der Waals surface area contributed by atoms with Crippen LogP contribution in [0, 0.1) is 12.8 Å². The van der Waals surface area contributed by atoms with Crippen LogP contribution in [0.5, 0.6) is 0 Å². The summed E-state index contributed by atoms with van der Waals surface area (Å²) in [6.45, 7) is 1.80. The number of anilines is 1. The van der Waals surface area contributed by atoms with E-state index in [1.807, 2.05) is 18.2 Å². The number of amides is 1. The SMILES string of the molecule is Cc1cc(NC(=O)C2CCc3[nH]c4ccc(Cl)cc4c3C2)no1. The van der Waals surface area contributed by atoms with Gasteiger partial charge in [0, 0.05) is 33.6 Å². The Labute approximate surface area is 138 Å². The lowest BCUT2D eigenvalue weighted by Gasteiger charge is -2.21. The van der Waals surface area contributed by atoms with Crippen LogP contribution in [0.4, 0.5) is 5.82 Å². The number of halogens is 1. The molecule has 2 aromatic heterocycles. The molecule has 4 rings (SSSR count). The molecule has 23 heavy (non-hydrogen) atoms. The standard InChI is InChI=1S/C17H16ClN3O2/c1-9-6-16(21-23-9)20-17(22)10-2-4-14-12(7-10)13-8-11(18)3-5-15(13)19-14/h3,5-6,8,10,19H,2,4,7H2,1H3,(H,20,21,22).